The highest BCUT2D eigenvalue weighted by Crippen LogP contribution is 2.21. The lowest BCUT2D eigenvalue weighted by atomic mass is 9.94. The van der Waals surface area contributed by atoms with Gasteiger partial charge in [-0.05, 0) is 50.5 Å². The molecule has 2 rings (SSSR count). The summed E-state index contributed by atoms with van der Waals surface area (Å²) in [4.78, 5) is 24.4. The highest BCUT2D eigenvalue weighted by atomic mass is 32.2. The molecule has 1 aromatic rings. The lowest BCUT2D eigenvalue weighted by Crippen LogP contribution is -2.28. The third kappa shape index (κ3) is 5.19. The van der Waals surface area contributed by atoms with E-state index in [0.29, 0.717) is 17.7 Å². The molecule has 1 aliphatic carbocycles. The van der Waals surface area contributed by atoms with Gasteiger partial charge in [0.15, 0.2) is 6.10 Å². The van der Waals surface area contributed by atoms with Gasteiger partial charge in [-0.15, -0.1) is 0 Å². The molecule has 0 radical (unpaired) electrons. The molecule has 0 spiro atoms. The Morgan fingerprint density at radius 2 is 1.88 bits per heavy atom. The number of esters is 1. The number of anilines is 1. The number of hydrogen-bond donors (Lipinski definition) is 1. The highest BCUT2D eigenvalue weighted by molar-refractivity contribution is 7.92. The summed E-state index contributed by atoms with van der Waals surface area (Å²) in [6, 6.07) is 6.00. The number of carbonyl (C=O) groups excluding carboxylic acids is 2. The fourth-order valence-corrected chi connectivity index (χ4v) is 3.05. The number of carbonyl (C=O) groups is 2. The third-order valence-electron chi connectivity index (χ3n) is 3.74. The van der Waals surface area contributed by atoms with Crippen LogP contribution in [0.5, 0.6) is 0 Å². The van der Waals surface area contributed by atoms with E-state index in [-0.39, 0.29) is 17.7 Å². The summed E-state index contributed by atoms with van der Waals surface area (Å²) in [5, 5.41) is 0. The molecule has 0 bridgehead atoms. The van der Waals surface area contributed by atoms with Crippen molar-refractivity contribution in [1.82, 2.24) is 0 Å². The van der Waals surface area contributed by atoms with Crippen molar-refractivity contribution < 1.29 is 22.7 Å². The predicted octanol–water partition coefficient (Wildman–Crippen LogP) is 2.53. The zero-order valence-electron chi connectivity index (χ0n) is 13.7. The van der Waals surface area contributed by atoms with Crippen molar-refractivity contribution in [2.45, 2.75) is 32.3 Å². The van der Waals surface area contributed by atoms with E-state index in [0.717, 1.165) is 19.1 Å². The van der Waals surface area contributed by atoms with Gasteiger partial charge < -0.3 is 4.74 Å². The first kappa shape index (κ1) is 18.2. The summed E-state index contributed by atoms with van der Waals surface area (Å²) < 4.78 is 29.9. The van der Waals surface area contributed by atoms with Crippen molar-refractivity contribution in [2.75, 3.05) is 11.0 Å². The van der Waals surface area contributed by atoms with Crippen LogP contribution in [0, 0.1) is 5.92 Å². The second-order valence-corrected chi connectivity index (χ2v) is 7.62. The molecule has 1 N–H and O–H groups in total. The molecule has 7 heteroatoms. The minimum atomic E-state index is -3.36. The van der Waals surface area contributed by atoms with Crippen molar-refractivity contribution in [3.8, 4) is 0 Å². The zero-order chi connectivity index (χ0) is 17.7. The van der Waals surface area contributed by atoms with Crippen LogP contribution in [0.25, 0.3) is 0 Å². The number of benzene rings is 1. The van der Waals surface area contributed by atoms with Gasteiger partial charge in [0, 0.05) is 11.3 Å². The Balaban J connectivity index is 1.97. The molecule has 0 aliphatic heterocycles. The summed E-state index contributed by atoms with van der Waals surface area (Å²) in [7, 11) is -3.36. The maximum absolute atomic E-state index is 12.3. The first-order chi connectivity index (χ1) is 11.3. The second kappa shape index (κ2) is 7.61. The van der Waals surface area contributed by atoms with Crippen LogP contribution in [0.3, 0.4) is 0 Å². The van der Waals surface area contributed by atoms with Gasteiger partial charge in [0.25, 0.3) is 0 Å². The van der Waals surface area contributed by atoms with Crippen LogP contribution < -0.4 is 4.72 Å². The van der Waals surface area contributed by atoms with E-state index in [1.165, 1.54) is 24.3 Å². The molecule has 2 unspecified atom stereocenters. The van der Waals surface area contributed by atoms with Gasteiger partial charge in [-0.1, -0.05) is 12.2 Å². The molecule has 0 saturated heterocycles. The Morgan fingerprint density at radius 1 is 1.21 bits per heavy atom. The maximum Gasteiger partial charge on any atom is 0.309 e. The van der Waals surface area contributed by atoms with Crippen molar-refractivity contribution in [3.05, 3.63) is 42.0 Å². The van der Waals surface area contributed by atoms with Gasteiger partial charge in [0.2, 0.25) is 15.8 Å². The van der Waals surface area contributed by atoms with Crippen molar-refractivity contribution in [3.63, 3.8) is 0 Å². The molecule has 24 heavy (non-hydrogen) atoms. The van der Waals surface area contributed by atoms with Crippen LogP contribution in [0.2, 0.25) is 0 Å². The van der Waals surface area contributed by atoms with Gasteiger partial charge in [-0.3, -0.25) is 14.3 Å². The number of ether oxygens (including phenoxy) is 1. The number of sulfonamides is 1. The van der Waals surface area contributed by atoms with Gasteiger partial charge in [-0.2, -0.15) is 0 Å². The fourth-order valence-electron chi connectivity index (χ4n) is 2.48. The number of rotatable bonds is 6. The molecular weight excluding hydrogens is 330 g/mol. The average molecular weight is 351 g/mol. The van der Waals surface area contributed by atoms with Gasteiger partial charge in [-0.25, -0.2) is 8.42 Å². The third-order valence-corrected chi connectivity index (χ3v) is 4.34. The van der Waals surface area contributed by atoms with E-state index in [1.54, 1.807) is 6.92 Å². The highest BCUT2D eigenvalue weighted by Gasteiger charge is 2.25. The molecule has 1 aliphatic rings. The van der Waals surface area contributed by atoms with Crippen LogP contribution in [0.15, 0.2) is 36.4 Å². The largest absolute Gasteiger partial charge is 0.454 e. The van der Waals surface area contributed by atoms with E-state index in [1.807, 2.05) is 12.2 Å². The molecule has 0 heterocycles. The smallest absolute Gasteiger partial charge is 0.309 e. The first-order valence-electron chi connectivity index (χ1n) is 7.74. The van der Waals surface area contributed by atoms with Crippen molar-refractivity contribution in [2.24, 2.45) is 5.92 Å². The van der Waals surface area contributed by atoms with E-state index >= 15 is 0 Å². The number of ketones is 1. The molecule has 130 valence electrons. The number of allylic oxidation sites excluding steroid dienone is 2. The summed E-state index contributed by atoms with van der Waals surface area (Å²) in [5.41, 5.74) is 0.727. The standard InChI is InChI=1S/C17H21NO5S/c1-12(23-17(20)14-6-4-3-5-7-14)16(19)13-8-10-15(11-9-13)18-24(2,21)22/h3-4,8-12,14,18H,5-7H2,1-2H3. The zero-order valence-corrected chi connectivity index (χ0v) is 14.5. The average Bonchev–Trinajstić information content (AvgIpc) is 2.54. The molecule has 0 fully saturated rings. The van der Waals surface area contributed by atoms with Crippen molar-refractivity contribution in [1.29, 1.82) is 0 Å². The van der Waals surface area contributed by atoms with E-state index in [9.17, 15) is 18.0 Å². The summed E-state index contributed by atoms with van der Waals surface area (Å²) in [5.74, 6) is -0.859. The monoisotopic (exact) mass is 351 g/mol. The molecule has 2 atom stereocenters. The van der Waals surface area contributed by atoms with E-state index in [4.69, 9.17) is 4.74 Å². The second-order valence-electron chi connectivity index (χ2n) is 5.88. The SMILES string of the molecule is CC(OC(=O)C1CC=CCC1)C(=O)c1ccc(NS(C)(=O)=O)cc1. The Hall–Kier alpha value is -2.15. The molecule has 0 saturated carbocycles. The summed E-state index contributed by atoms with van der Waals surface area (Å²) in [6.07, 6.45) is 6.38. The minimum absolute atomic E-state index is 0.188. The normalized spacial score (nSPS) is 18.7. The summed E-state index contributed by atoms with van der Waals surface area (Å²) in [6.45, 7) is 1.54. The quantitative estimate of drug-likeness (QED) is 0.483. The fraction of sp³-hybridized carbons (Fsp3) is 0.412. The minimum Gasteiger partial charge on any atom is -0.454 e. The van der Waals surface area contributed by atoms with Crippen LogP contribution in [0.4, 0.5) is 5.69 Å². The number of hydrogen-bond acceptors (Lipinski definition) is 5. The van der Waals surface area contributed by atoms with Gasteiger partial charge in [0.05, 0.1) is 12.2 Å². The van der Waals surface area contributed by atoms with Crippen LogP contribution in [-0.4, -0.2) is 32.5 Å². The summed E-state index contributed by atoms with van der Waals surface area (Å²) >= 11 is 0. The van der Waals surface area contributed by atoms with Gasteiger partial charge >= 0.3 is 5.97 Å². The van der Waals surface area contributed by atoms with Gasteiger partial charge in [0.1, 0.15) is 0 Å². The molecule has 0 aromatic heterocycles. The van der Waals surface area contributed by atoms with E-state index < -0.39 is 16.1 Å². The molecular formula is C17H21NO5S. The lowest BCUT2D eigenvalue weighted by Gasteiger charge is -2.19. The molecule has 6 nitrogen and oxygen atoms in total. The van der Waals surface area contributed by atoms with Crippen LogP contribution in [-0.2, 0) is 19.6 Å². The Morgan fingerprint density at radius 3 is 2.42 bits per heavy atom. The molecule has 1 aromatic carbocycles. The Bertz CT molecular complexity index is 737. The Labute approximate surface area is 141 Å². The first-order valence-corrected chi connectivity index (χ1v) is 9.63. The lowest BCUT2D eigenvalue weighted by molar-refractivity contribution is -0.151. The number of nitrogens with one attached hydrogen (secondary N) is 1. The maximum atomic E-state index is 12.3. The van der Waals surface area contributed by atoms with Crippen LogP contribution in [0.1, 0.15) is 36.5 Å². The predicted molar refractivity (Wildman–Crippen MR) is 91.3 cm³/mol. The van der Waals surface area contributed by atoms with E-state index in [2.05, 4.69) is 4.72 Å². The number of Topliss-reactive ketones (excluding diaryl/α,β-unsaturated/α-hetero) is 1. The topological polar surface area (TPSA) is 89.5 Å². The van der Waals surface area contributed by atoms with Crippen LogP contribution >= 0.6 is 0 Å². The van der Waals surface area contributed by atoms with Crippen molar-refractivity contribution >= 4 is 27.5 Å². The Kier molecular flexibility index (Phi) is 5.77. The molecule has 0 amide bonds.